The van der Waals surface area contributed by atoms with Gasteiger partial charge >= 0.3 is 0 Å². The van der Waals surface area contributed by atoms with Crippen LogP contribution in [-0.4, -0.2) is 35.8 Å². The fourth-order valence-electron chi connectivity index (χ4n) is 3.67. The van der Waals surface area contributed by atoms with Gasteiger partial charge in [-0.1, -0.05) is 36.4 Å². The number of nitrogens with zero attached hydrogens (tertiary/aromatic N) is 3. The molecule has 0 spiro atoms. The number of anilines is 1. The minimum absolute atomic E-state index is 0.537. The van der Waals surface area contributed by atoms with Crippen molar-refractivity contribution in [3.05, 3.63) is 96.3 Å². The molecule has 0 saturated carbocycles. The van der Waals surface area contributed by atoms with E-state index in [4.69, 9.17) is 19.4 Å². The molecule has 0 aliphatic heterocycles. The zero-order chi connectivity index (χ0) is 23.8. The molecule has 4 rings (SSSR count). The van der Waals surface area contributed by atoms with Crippen molar-refractivity contribution < 1.29 is 9.47 Å². The number of aromatic nitrogens is 3. The molecule has 0 aliphatic carbocycles. The minimum atomic E-state index is 0.537. The van der Waals surface area contributed by atoms with Crippen molar-refractivity contribution >= 4 is 22.3 Å². The summed E-state index contributed by atoms with van der Waals surface area (Å²) in [5, 5.41) is 4.46. The maximum absolute atomic E-state index is 5.37. The van der Waals surface area contributed by atoms with Crippen molar-refractivity contribution in [1.82, 2.24) is 15.0 Å². The monoisotopic (exact) mass is 452 g/mol. The van der Waals surface area contributed by atoms with Crippen molar-refractivity contribution in [1.29, 1.82) is 0 Å². The van der Waals surface area contributed by atoms with Crippen LogP contribution in [0, 0.1) is 0 Å². The van der Waals surface area contributed by atoms with Gasteiger partial charge in [0.1, 0.15) is 11.6 Å². The van der Waals surface area contributed by atoms with Crippen LogP contribution < -0.4 is 10.1 Å². The van der Waals surface area contributed by atoms with Gasteiger partial charge in [-0.2, -0.15) is 0 Å². The van der Waals surface area contributed by atoms with Gasteiger partial charge in [-0.25, -0.2) is 9.97 Å². The van der Waals surface area contributed by atoms with Crippen LogP contribution in [0.3, 0.4) is 0 Å². The number of allylic oxidation sites excluding steroid dienone is 3. The molecule has 0 saturated heterocycles. The summed E-state index contributed by atoms with van der Waals surface area (Å²) in [6.07, 6.45) is 9.69. The maximum Gasteiger partial charge on any atom is 0.163 e. The Kier molecular flexibility index (Phi) is 7.63. The summed E-state index contributed by atoms with van der Waals surface area (Å²) in [6.45, 7) is 3.14. The number of nitrogens with one attached hydrogen (secondary N) is 1. The van der Waals surface area contributed by atoms with E-state index in [9.17, 15) is 0 Å². The van der Waals surface area contributed by atoms with Crippen LogP contribution in [0.1, 0.15) is 18.1 Å². The van der Waals surface area contributed by atoms with E-state index in [0.717, 1.165) is 44.7 Å². The van der Waals surface area contributed by atoms with E-state index in [1.807, 2.05) is 49.4 Å². The number of rotatable bonds is 9. The highest BCUT2D eigenvalue weighted by molar-refractivity contribution is 5.94. The Hall–Kier alpha value is -4.03. The van der Waals surface area contributed by atoms with E-state index in [1.165, 1.54) is 0 Å². The fourth-order valence-corrected chi connectivity index (χ4v) is 3.67. The third-order valence-electron chi connectivity index (χ3n) is 5.36. The van der Waals surface area contributed by atoms with Crippen LogP contribution in [0.5, 0.6) is 5.75 Å². The van der Waals surface area contributed by atoms with Crippen LogP contribution in [0.2, 0.25) is 0 Å². The molecule has 172 valence electrons. The second kappa shape index (κ2) is 11.2. The zero-order valence-corrected chi connectivity index (χ0v) is 19.7. The first-order valence-electron chi connectivity index (χ1n) is 11.1. The second-order valence-corrected chi connectivity index (χ2v) is 7.69. The van der Waals surface area contributed by atoms with E-state index in [0.29, 0.717) is 19.0 Å². The minimum Gasteiger partial charge on any atom is -0.497 e. The Balaban J connectivity index is 1.79. The molecule has 0 radical (unpaired) electrons. The lowest BCUT2D eigenvalue weighted by molar-refractivity contribution is 0.234. The van der Waals surface area contributed by atoms with Crippen LogP contribution in [0.15, 0.2) is 85.2 Å². The van der Waals surface area contributed by atoms with Gasteiger partial charge in [0.25, 0.3) is 0 Å². The van der Waals surface area contributed by atoms with Crippen molar-refractivity contribution in [3.8, 4) is 17.1 Å². The highest BCUT2D eigenvalue weighted by Gasteiger charge is 2.12. The predicted octanol–water partition coefficient (Wildman–Crippen LogP) is 5.92. The van der Waals surface area contributed by atoms with Crippen LogP contribution >= 0.6 is 0 Å². The molecule has 2 heterocycles. The summed E-state index contributed by atoms with van der Waals surface area (Å²) >= 11 is 0. The number of methoxy groups -OCH3 is 2. The van der Waals surface area contributed by atoms with Crippen molar-refractivity contribution in [2.24, 2.45) is 0 Å². The molecule has 6 heteroatoms. The van der Waals surface area contributed by atoms with Gasteiger partial charge in [0.05, 0.1) is 19.2 Å². The molecule has 2 aromatic carbocycles. The van der Waals surface area contributed by atoms with Gasteiger partial charge in [0, 0.05) is 37.0 Å². The molecule has 0 atom stereocenters. The molecule has 1 N–H and O–H groups in total. The fraction of sp³-hybridized carbons (Fsp3) is 0.179. The number of ether oxygens (including phenoxy) is 2. The maximum atomic E-state index is 5.37. The summed E-state index contributed by atoms with van der Waals surface area (Å²) in [5.74, 6) is 2.22. The van der Waals surface area contributed by atoms with Crippen molar-refractivity contribution in [2.75, 3.05) is 26.1 Å². The van der Waals surface area contributed by atoms with Crippen molar-refractivity contribution in [3.63, 3.8) is 0 Å². The predicted molar refractivity (Wildman–Crippen MR) is 138 cm³/mol. The van der Waals surface area contributed by atoms with Crippen LogP contribution in [0.25, 0.3) is 27.9 Å². The highest BCUT2D eigenvalue weighted by atomic mass is 16.5. The molecular weight excluding hydrogens is 424 g/mol. The largest absolute Gasteiger partial charge is 0.497 e. The molecule has 0 aliphatic rings. The lowest BCUT2D eigenvalue weighted by Crippen LogP contribution is -2.05. The van der Waals surface area contributed by atoms with E-state index in [1.54, 1.807) is 26.6 Å². The summed E-state index contributed by atoms with van der Waals surface area (Å²) < 4.78 is 10.6. The summed E-state index contributed by atoms with van der Waals surface area (Å²) in [5.41, 5.74) is 4.98. The smallest absolute Gasteiger partial charge is 0.163 e. The molecule has 6 nitrogen and oxygen atoms in total. The van der Waals surface area contributed by atoms with Crippen molar-refractivity contribution in [2.45, 2.75) is 13.5 Å². The standard InChI is InChI=1S/C28H28N4O2/c1-4-7-21(13-15-33-2)22-11-12-26-25(17-22)28(30-18-20-8-5-10-24(16-20)34-3)32-27(31-26)23-9-6-14-29-19-23/h4-14,16-17,19H,15,18H2,1-3H3,(H,30,31,32)/b7-4-,21-13+. The summed E-state index contributed by atoms with van der Waals surface area (Å²) in [7, 11) is 3.37. The molecule has 0 fully saturated rings. The lowest BCUT2D eigenvalue weighted by atomic mass is 10.0. The number of pyridine rings is 1. The first-order chi connectivity index (χ1) is 16.7. The summed E-state index contributed by atoms with van der Waals surface area (Å²) in [6, 6.07) is 18.1. The zero-order valence-electron chi connectivity index (χ0n) is 19.7. The molecule has 0 amide bonds. The Morgan fingerprint density at radius 3 is 2.71 bits per heavy atom. The van der Waals surface area contributed by atoms with Gasteiger partial charge < -0.3 is 14.8 Å². The summed E-state index contributed by atoms with van der Waals surface area (Å²) in [4.78, 5) is 13.9. The molecule has 0 bridgehead atoms. The first kappa shape index (κ1) is 23.1. The third kappa shape index (κ3) is 5.47. The third-order valence-corrected chi connectivity index (χ3v) is 5.36. The van der Waals surface area contributed by atoms with Gasteiger partial charge in [-0.15, -0.1) is 0 Å². The number of fused-ring (bicyclic) bond motifs is 1. The first-order valence-corrected chi connectivity index (χ1v) is 11.1. The normalized spacial score (nSPS) is 11.8. The van der Waals surface area contributed by atoms with E-state index < -0.39 is 0 Å². The average molecular weight is 453 g/mol. The molecule has 2 aromatic heterocycles. The topological polar surface area (TPSA) is 69.2 Å². The number of hydrogen-bond donors (Lipinski definition) is 1. The Bertz CT molecular complexity index is 1320. The highest BCUT2D eigenvalue weighted by Crippen LogP contribution is 2.29. The number of benzene rings is 2. The van der Waals surface area contributed by atoms with E-state index in [2.05, 4.69) is 40.7 Å². The van der Waals surface area contributed by atoms with Gasteiger partial charge in [-0.3, -0.25) is 4.98 Å². The molecule has 34 heavy (non-hydrogen) atoms. The molecule has 0 unspecified atom stereocenters. The van der Waals surface area contributed by atoms with Gasteiger partial charge in [-0.05, 0) is 60.0 Å². The van der Waals surface area contributed by atoms with E-state index in [-0.39, 0.29) is 0 Å². The van der Waals surface area contributed by atoms with Crippen LogP contribution in [0.4, 0.5) is 5.82 Å². The quantitative estimate of drug-likeness (QED) is 0.318. The SMILES string of the molecule is C/C=C\C(=C/COC)c1ccc2nc(-c3cccnc3)nc(NCc3cccc(OC)c3)c2c1. The Morgan fingerprint density at radius 1 is 1.03 bits per heavy atom. The van der Waals surface area contributed by atoms with Gasteiger partial charge in [0.15, 0.2) is 5.82 Å². The van der Waals surface area contributed by atoms with Crippen LogP contribution in [-0.2, 0) is 11.3 Å². The molecular formula is C28H28N4O2. The molecule has 4 aromatic rings. The van der Waals surface area contributed by atoms with Gasteiger partial charge in [0.2, 0.25) is 0 Å². The lowest BCUT2D eigenvalue weighted by Gasteiger charge is -2.13. The average Bonchev–Trinajstić information content (AvgIpc) is 2.90. The number of hydrogen-bond acceptors (Lipinski definition) is 6. The Labute approximate surface area is 200 Å². The Morgan fingerprint density at radius 2 is 1.94 bits per heavy atom. The van der Waals surface area contributed by atoms with E-state index >= 15 is 0 Å². The second-order valence-electron chi connectivity index (χ2n) is 7.69.